The molecule has 0 atom stereocenters. The Balaban J connectivity index is 1.87. The lowest BCUT2D eigenvalue weighted by Gasteiger charge is -2.11. The van der Waals surface area contributed by atoms with E-state index in [2.05, 4.69) is 14.9 Å². The number of anilines is 1. The zero-order valence-electron chi connectivity index (χ0n) is 12.8. The van der Waals surface area contributed by atoms with E-state index in [0.29, 0.717) is 6.54 Å². The molecule has 24 heavy (non-hydrogen) atoms. The summed E-state index contributed by atoms with van der Waals surface area (Å²) in [6.45, 7) is 2.29. The first-order chi connectivity index (χ1) is 11.5. The molecule has 6 nitrogen and oxygen atoms in total. The highest BCUT2D eigenvalue weighted by Crippen LogP contribution is 2.24. The molecule has 0 aliphatic heterocycles. The maximum atomic E-state index is 12.6. The van der Waals surface area contributed by atoms with Gasteiger partial charge in [0.15, 0.2) is 0 Å². The van der Waals surface area contributed by atoms with Gasteiger partial charge in [0.1, 0.15) is 11.2 Å². The van der Waals surface area contributed by atoms with E-state index in [-0.39, 0.29) is 15.9 Å². The van der Waals surface area contributed by atoms with Crippen molar-refractivity contribution in [2.24, 2.45) is 0 Å². The third kappa shape index (κ3) is 3.58. The zero-order valence-corrected chi connectivity index (χ0v) is 14.4. The average molecular weight is 363 g/mol. The first kappa shape index (κ1) is 16.5. The molecule has 0 saturated heterocycles. The summed E-state index contributed by atoms with van der Waals surface area (Å²) in [6, 6.07) is 14.4. The Morgan fingerprint density at radius 3 is 2.62 bits per heavy atom. The van der Waals surface area contributed by atoms with Crippen LogP contribution in [0.25, 0.3) is 0 Å². The van der Waals surface area contributed by atoms with Crippen LogP contribution in [-0.2, 0) is 16.6 Å². The van der Waals surface area contributed by atoms with Crippen LogP contribution in [0.1, 0.15) is 11.1 Å². The average Bonchev–Trinajstić information content (AvgIpc) is 2.94. The molecule has 0 radical (unpaired) electrons. The molecule has 0 fully saturated rings. The van der Waals surface area contributed by atoms with Gasteiger partial charge in [-0.1, -0.05) is 48.0 Å². The minimum Gasteiger partial charge on any atom is -0.295 e. The van der Waals surface area contributed by atoms with E-state index in [1.807, 2.05) is 37.3 Å². The second-order valence-electron chi connectivity index (χ2n) is 5.31. The van der Waals surface area contributed by atoms with Gasteiger partial charge in [-0.3, -0.25) is 4.57 Å². The lowest BCUT2D eigenvalue weighted by atomic mass is 10.2. The third-order valence-corrected chi connectivity index (χ3v) is 5.22. The van der Waals surface area contributed by atoms with Gasteiger partial charge in [0.25, 0.3) is 10.0 Å². The maximum Gasteiger partial charge on any atom is 0.265 e. The number of aryl methyl sites for hydroxylation is 1. The van der Waals surface area contributed by atoms with Crippen LogP contribution in [0.15, 0.2) is 59.8 Å². The lowest BCUT2D eigenvalue weighted by molar-refractivity contribution is 0.600. The van der Waals surface area contributed by atoms with Gasteiger partial charge in [0.05, 0.1) is 11.6 Å². The molecule has 3 rings (SSSR count). The van der Waals surface area contributed by atoms with Gasteiger partial charge in [0.2, 0.25) is 5.95 Å². The fraction of sp³-hybridized carbons (Fsp3) is 0.125. The predicted molar refractivity (Wildman–Crippen MR) is 92.6 cm³/mol. The summed E-state index contributed by atoms with van der Waals surface area (Å²) in [5.41, 5.74) is 1.89. The molecule has 0 amide bonds. The van der Waals surface area contributed by atoms with Gasteiger partial charge in [-0.25, -0.2) is 13.1 Å². The smallest absolute Gasteiger partial charge is 0.265 e. The Morgan fingerprint density at radius 2 is 1.92 bits per heavy atom. The number of nitrogens with one attached hydrogen (secondary N) is 1. The quantitative estimate of drug-likeness (QED) is 0.756. The van der Waals surface area contributed by atoms with E-state index in [1.54, 1.807) is 16.7 Å². The molecule has 0 unspecified atom stereocenters. The van der Waals surface area contributed by atoms with Crippen LogP contribution in [0.5, 0.6) is 0 Å². The SMILES string of the molecule is Cc1ccc(S(=O)(=O)Nc2nncn2Cc2ccccc2)c(Cl)c1. The van der Waals surface area contributed by atoms with Crippen LogP contribution in [0.4, 0.5) is 5.95 Å². The lowest BCUT2D eigenvalue weighted by Crippen LogP contribution is -2.17. The third-order valence-electron chi connectivity index (χ3n) is 3.41. The van der Waals surface area contributed by atoms with Gasteiger partial charge in [0, 0.05) is 0 Å². The predicted octanol–water partition coefficient (Wildman–Crippen LogP) is 3.09. The van der Waals surface area contributed by atoms with E-state index < -0.39 is 10.0 Å². The molecule has 1 N–H and O–H groups in total. The highest BCUT2D eigenvalue weighted by molar-refractivity contribution is 7.92. The second-order valence-corrected chi connectivity index (χ2v) is 7.37. The normalized spacial score (nSPS) is 11.4. The molecule has 0 aliphatic carbocycles. The fourth-order valence-electron chi connectivity index (χ4n) is 2.23. The van der Waals surface area contributed by atoms with E-state index >= 15 is 0 Å². The molecule has 0 saturated carbocycles. The van der Waals surface area contributed by atoms with Crippen molar-refractivity contribution in [3.8, 4) is 0 Å². The van der Waals surface area contributed by atoms with Crippen molar-refractivity contribution < 1.29 is 8.42 Å². The number of sulfonamides is 1. The van der Waals surface area contributed by atoms with Gasteiger partial charge in [-0.05, 0) is 30.2 Å². The molecule has 1 aromatic heterocycles. The summed E-state index contributed by atoms with van der Waals surface area (Å²) >= 11 is 6.06. The summed E-state index contributed by atoms with van der Waals surface area (Å²) in [5.74, 6) is 0.135. The highest BCUT2D eigenvalue weighted by Gasteiger charge is 2.20. The van der Waals surface area contributed by atoms with Crippen LogP contribution in [0.3, 0.4) is 0 Å². The van der Waals surface area contributed by atoms with Crippen LogP contribution in [0.2, 0.25) is 5.02 Å². The second kappa shape index (κ2) is 6.62. The highest BCUT2D eigenvalue weighted by atomic mass is 35.5. The Labute approximate surface area is 145 Å². The van der Waals surface area contributed by atoms with Gasteiger partial charge >= 0.3 is 0 Å². The molecule has 3 aromatic rings. The molecular formula is C16H15ClN4O2S. The van der Waals surface area contributed by atoms with Crippen molar-refractivity contribution in [2.45, 2.75) is 18.4 Å². The summed E-state index contributed by atoms with van der Waals surface area (Å²) in [4.78, 5) is 0.00373. The van der Waals surface area contributed by atoms with Crippen molar-refractivity contribution >= 4 is 27.6 Å². The Bertz CT molecular complexity index is 955. The number of aromatic nitrogens is 3. The molecule has 1 heterocycles. The first-order valence-corrected chi connectivity index (χ1v) is 9.02. The minimum absolute atomic E-state index is 0.00373. The molecule has 8 heteroatoms. The van der Waals surface area contributed by atoms with Crippen molar-refractivity contribution in [3.63, 3.8) is 0 Å². The van der Waals surface area contributed by atoms with Crippen LogP contribution >= 0.6 is 11.6 Å². The molecular weight excluding hydrogens is 348 g/mol. The van der Waals surface area contributed by atoms with Crippen molar-refractivity contribution in [2.75, 3.05) is 4.72 Å². The van der Waals surface area contributed by atoms with E-state index in [0.717, 1.165) is 11.1 Å². The van der Waals surface area contributed by atoms with Crippen molar-refractivity contribution in [3.05, 3.63) is 71.0 Å². The molecule has 0 spiro atoms. The Kier molecular flexibility index (Phi) is 4.55. The summed E-state index contributed by atoms with van der Waals surface area (Å²) in [5, 5.41) is 7.80. The molecule has 124 valence electrons. The number of hydrogen-bond acceptors (Lipinski definition) is 4. The Hall–Kier alpha value is -2.38. The van der Waals surface area contributed by atoms with E-state index in [1.165, 1.54) is 12.4 Å². The standard InChI is InChI=1S/C16H15ClN4O2S/c1-12-7-8-15(14(17)9-12)24(22,23)20-16-19-18-11-21(16)10-13-5-3-2-4-6-13/h2-9,11H,10H2,1H3,(H,19,20). The summed E-state index contributed by atoms with van der Waals surface area (Å²) < 4.78 is 29.2. The van der Waals surface area contributed by atoms with Crippen LogP contribution < -0.4 is 4.72 Å². The van der Waals surface area contributed by atoms with Crippen molar-refractivity contribution in [1.82, 2.24) is 14.8 Å². The summed E-state index contributed by atoms with van der Waals surface area (Å²) in [6.07, 6.45) is 1.47. The van der Waals surface area contributed by atoms with E-state index in [4.69, 9.17) is 11.6 Å². The number of halogens is 1. The fourth-order valence-corrected chi connectivity index (χ4v) is 3.84. The molecule has 0 bridgehead atoms. The zero-order chi connectivity index (χ0) is 17.2. The largest absolute Gasteiger partial charge is 0.295 e. The maximum absolute atomic E-state index is 12.6. The minimum atomic E-state index is -3.85. The number of hydrogen-bond donors (Lipinski definition) is 1. The van der Waals surface area contributed by atoms with Gasteiger partial charge < -0.3 is 0 Å². The first-order valence-electron chi connectivity index (χ1n) is 7.16. The van der Waals surface area contributed by atoms with Gasteiger partial charge in [-0.2, -0.15) is 0 Å². The monoisotopic (exact) mass is 362 g/mol. The summed E-state index contributed by atoms with van der Waals surface area (Å²) in [7, 11) is -3.85. The van der Waals surface area contributed by atoms with E-state index in [9.17, 15) is 8.42 Å². The van der Waals surface area contributed by atoms with Crippen LogP contribution in [-0.4, -0.2) is 23.2 Å². The molecule has 0 aliphatic rings. The Morgan fingerprint density at radius 1 is 1.17 bits per heavy atom. The van der Waals surface area contributed by atoms with Crippen molar-refractivity contribution in [1.29, 1.82) is 0 Å². The molecule has 2 aromatic carbocycles. The van der Waals surface area contributed by atoms with Gasteiger partial charge in [-0.15, -0.1) is 10.2 Å². The topological polar surface area (TPSA) is 76.9 Å². The number of nitrogens with zero attached hydrogens (tertiary/aromatic N) is 3. The van der Waals surface area contributed by atoms with Crippen LogP contribution in [0, 0.1) is 6.92 Å². The number of benzene rings is 2. The number of rotatable bonds is 5.